The van der Waals surface area contributed by atoms with Crippen LogP contribution in [0.5, 0.6) is 0 Å². The summed E-state index contributed by atoms with van der Waals surface area (Å²) in [5.41, 5.74) is 6.08. The molecule has 1 aromatic rings. The lowest BCUT2D eigenvalue weighted by Crippen LogP contribution is -2.41. The standard InChI is InChI=1S/C10H17N5O/c1-7-3-2-4-15(6-7)10(16)13-9-8(11)5-12-14-9/h5,7H,2-4,6,11H2,1H3,(H2,12,13,14,16). The van der Waals surface area contributed by atoms with Crippen LogP contribution in [0.4, 0.5) is 16.3 Å². The van der Waals surface area contributed by atoms with Gasteiger partial charge in [0, 0.05) is 13.1 Å². The van der Waals surface area contributed by atoms with E-state index in [2.05, 4.69) is 22.4 Å². The Hall–Kier alpha value is -1.72. The molecule has 1 aliphatic rings. The summed E-state index contributed by atoms with van der Waals surface area (Å²) in [6.07, 6.45) is 3.73. The van der Waals surface area contributed by atoms with Crippen molar-refractivity contribution in [3.63, 3.8) is 0 Å². The van der Waals surface area contributed by atoms with Crippen molar-refractivity contribution in [2.24, 2.45) is 5.92 Å². The second kappa shape index (κ2) is 4.42. The molecule has 1 atom stereocenters. The number of nitrogens with two attached hydrogens (primary N) is 1. The van der Waals surface area contributed by atoms with E-state index >= 15 is 0 Å². The molecule has 16 heavy (non-hydrogen) atoms. The van der Waals surface area contributed by atoms with Gasteiger partial charge in [0.05, 0.1) is 11.9 Å². The Labute approximate surface area is 94.2 Å². The molecule has 0 bridgehead atoms. The summed E-state index contributed by atoms with van der Waals surface area (Å²) in [5, 5.41) is 9.13. The second-order valence-electron chi connectivity index (χ2n) is 4.32. The minimum Gasteiger partial charge on any atom is -0.394 e. The number of hydrogen-bond donors (Lipinski definition) is 3. The van der Waals surface area contributed by atoms with Crippen molar-refractivity contribution < 1.29 is 4.79 Å². The lowest BCUT2D eigenvalue weighted by Gasteiger charge is -2.30. The van der Waals surface area contributed by atoms with Crippen molar-refractivity contribution in [2.75, 3.05) is 24.1 Å². The number of hydrogen-bond acceptors (Lipinski definition) is 3. The lowest BCUT2D eigenvalue weighted by atomic mass is 10.0. The van der Waals surface area contributed by atoms with E-state index in [4.69, 9.17) is 5.73 Å². The maximum absolute atomic E-state index is 11.9. The number of carbonyl (C=O) groups excluding carboxylic acids is 1. The molecule has 1 unspecified atom stereocenters. The van der Waals surface area contributed by atoms with E-state index in [0.717, 1.165) is 19.5 Å². The highest BCUT2D eigenvalue weighted by Gasteiger charge is 2.21. The van der Waals surface area contributed by atoms with Crippen LogP contribution in [-0.2, 0) is 0 Å². The fourth-order valence-corrected chi connectivity index (χ4v) is 1.96. The number of aromatic nitrogens is 2. The van der Waals surface area contributed by atoms with E-state index < -0.39 is 0 Å². The second-order valence-corrected chi connectivity index (χ2v) is 4.32. The Morgan fingerprint density at radius 3 is 3.19 bits per heavy atom. The Balaban J connectivity index is 1.95. The number of nitrogens with zero attached hydrogens (tertiary/aromatic N) is 2. The van der Waals surface area contributed by atoms with Gasteiger partial charge in [0.2, 0.25) is 0 Å². The van der Waals surface area contributed by atoms with Crippen LogP contribution in [0.25, 0.3) is 0 Å². The summed E-state index contributed by atoms with van der Waals surface area (Å²) in [6, 6.07) is -0.109. The summed E-state index contributed by atoms with van der Waals surface area (Å²) >= 11 is 0. The average Bonchev–Trinajstić information content (AvgIpc) is 2.64. The third-order valence-electron chi connectivity index (χ3n) is 2.84. The molecule has 0 aliphatic carbocycles. The van der Waals surface area contributed by atoms with Crippen molar-refractivity contribution in [3.05, 3.63) is 6.20 Å². The maximum atomic E-state index is 11.9. The molecule has 0 spiro atoms. The third-order valence-corrected chi connectivity index (χ3v) is 2.84. The lowest BCUT2D eigenvalue weighted by molar-refractivity contribution is 0.182. The van der Waals surface area contributed by atoms with Crippen molar-refractivity contribution in [3.8, 4) is 0 Å². The van der Waals surface area contributed by atoms with Crippen LogP contribution in [0.3, 0.4) is 0 Å². The SMILES string of the molecule is CC1CCCN(C(=O)Nc2[nH]ncc2N)C1. The van der Waals surface area contributed by atoms with Crippen molar-refractivity contribution in [2.45, 2.75) is 19.8 Å². The minimum atomic E-state index is -0.109. The fourth-order valence-electron chi connectivity index (χ4n) is 1.96. The smallest absolute Gasteiger partial charge is 0.323 e. The van der Waals surface area contributed by atoms with E-state index in [1.54, 1.807) is 0 Å². The molecule has 4 N–H and O–H groups in total. The van der Waals surface area contributed by atoms with Gasteiger partial charge in [0.1, 0.15) is 0 Å². The molecule has 2 heterocycles. The number of aromatic amines is 1. The van der Waals surface area contributed by atoms with Crippen LogP contribution in [0.15, 0.2) is 6.20 Å². The highest BCUT2D eigenvalue weighted by Crippen LogP contribution is 2.18. The Morgan fingerprint density at radius 1 is 1.75 bits per heavy atom. The predicted octanol–water partition coefficient (Wildman–Crippen LogP) is 1.26. The Bertz CT molecular complexity index is 375. The van der Waals surface area contributed by atoms with E-state index in [1.807, 2.05) is 4.90 Å². The van der Waals surface area contributed by atoms with Gasteiger partial charge in [-0.1, -0.05) is 6.92 Å². The first-order chi connectivity index (χ1) is 7.66. The van der Waals surface area contributed by atoms with Crippen LogP contribution >= 0.6 is 0 Å². The summed E-state index contributed by atoms with van der Waals surface area (Å²) < 4.78 is 0. The quantitative estimate of drug-likeness (QED) is 0.669. The number of piperidine rings is 1. The summed E-state index contributed by atoms with van der Waals surface area (Å²) in [7, 11) is 0. The number of rotatable bonds is 1. The zero-order valence-corrected chi connectivity index (χ0v) is 9.36. The number of amides is 2. The van der Waals surface area contributed by atoms with Gasteiger partial charge in [0.25, 0.3) is 0 Å². The highest BCUT2D eigenvalue weighted by molar-refractivity contribution is 5.91. The van der Waals surface area contributed by atoms with Crippen molar-refractivity contribution in [1.82, 2.24) is 15.1 Å². The number of anilines is 2. The zero-order valence-electron chi connectivity index (χ0n) is 9.36. The van der Waals surface area contributed by atoms with Gasteiger partial charge in [0.15, 0.2) is 5.82 Å². The molecular weight excluding hydrogens is 206 g/mol. The largest absolute Gasteiger partial charge is 0.394 e. The Kier molecular flexibility index (Phi) is 2.98. The van der Waals surface area contributed by atoms with Gasteiger partial charge < -0.3 is 10.6 Å². The highest BCUT2D eigenvalue weighted by atomic mass is 16.2. The summed E-state index contributed by atoms with van der Waals surface area (Å²) in [5.74, 6) is 1.04. The molecule has 0 saturated carbocycles. The number of carbonyl (C=O) groups is 1. The molecule has 1 aromatic heterocycles. The number of likely N-dealkylation sites (tertiary alicyclic amines) is 1. The maximum Gasteiger partial charge on any atom is 0.323 e. The van der Waals surface area contributed by atoms with Crippen LogP contribution < -0.4 is 11.1 Å². The molecule has 1 aliphatic heterocycles. The first kappa shape index (κ1) is 10.8. The average molecular weight is 223 g/mol. The molecule has 0 radical (unpaired) electrons. The van der Waals surface area contributed by atoms with Gasteiger partial charge in [-0.15, -0.1) is 0 Å². The van der Waals surface area contributed by atoms with Crippen LogP contribution in [0.1, 0.15) is 19.8 Å². The topological polar surface area (TPSA) is 87.0 Å². The van der Waals surface area contributed by atoms with E-state index in [1.165, 1.54) is 12.6 Å². The van der Waals surface area contributed by atoms with Gasteiger partial charge in [-0.05, 0) is 18.8 Å². The van der Waals surface area contributed by atoms with Crippen molar-refractivity contribution >= 4 is 17.5 Å². The number of H-pyrrole nitrogens is 1. The number of urea groups is 1. The first-order valence-corrected chi connectivity index (χ1v) is 5.51. The minimum absolute atomic E-state index is 0.109. The van der Waals surface area contributed by atoms with Gasteiger partial charge >= 0.3 is 6.03 Å². The zero-order chi connectivity index (χ0) is 11.5. The van der Waals surface area contributed by atoms with E-state index in [9.17, 15) is 4.79 Å². The molecule has 88 valence electrons. The molecular formula is C10H17N5O. The molecule has 1 fully saturated rings. The van der Waals surface area contributed by atoms with Crippen LogP contribution in [0, 0.1) is 5.92 Å². The molecule has 6 nitrogen and oxygen atoms in total. The molecule has 6 heteroatoms. The van der Waals surface area contributed by atoms with E-state index in [-0.39, 0.29) is 6.03 Å². The molecule has 0 aromatic carbocycles. The molecule has 2 rings (SSSR count). The fraction of sp³-hybridized carbons (Fsp3) is 0.600. The van der Waals surface area contributed by atoms with E-state index in [0.29, 0.717) is 17.4 Å². The number of nitrogens with one attached hydrogen (secondary N) is 2. The summed E-state index contributed by atoms with van der Waals surface area (Å²) in [4.78, 5) is 13.7. The van der Waals surface area contributed by atoms with Crippen LogP contribution in [-0.4, -0.2) is 34.2 Å². The third kappa shape index (κ3) is 2.26. The molecule has 1 saturated heterocycles. The van der Waals surface area contributed by atoms with Gasteiger partial charge in [-0.25, -0.2) is 4.79 Å². The Morgan fingerprint density at radius 2 is 2.56 bits per heavy atom. The summed E-state index contributed by atoms with van der Waals surface area (Å²) in [6.45, 7) is 3.77. The van der Waals surface area contributed by atoms with Gasteiger partial charge in [-0.3, -0.25) is 10.4 Å². The van der Waals surface area contributed by atoms with Crippen molar-refractivity contribution in [1.29, 1.82) is 0 Å². The van der Waals surface area contributed by atoms with Crippen LogP contribution in [0.2, 0.25) is 0 Å². The predicted molar refractivity (Wildman–Crippen MR) is 62.0 cm³/mol. The number of nitrogen functional groups attached to an aromatic ring is 1. The molecule has 2 amide bonds. The first-order valence-electron chi connectivity index (χ1n) is 5.51. The van der Waals surface area contributed by atoms with Gasteiger partial charge in [-0.2, -0.15) is 5.10 Å². The normalized spacial score (nSPS) is 20.8. The monoisotopic (exact) mass is 223 g/mol.